The highest BCUT2D eigenvalue weighted by atomic mass is 16.5. The standard InChI is InChI=1S/C21H35N3O5/c1-7-10-22-16(26)13-14-18(28)24(12(2)11-25)15(17(27)23-19(3,4)5)21(14)9-8-20(13,6)29-21/h12-15,25H,7-11H2,1-6H3,(H,22,26)(H,23,27)/t12-,13+,14+,15?,20-,21?/m1/s1. The summed E-state index contributed by atoms with van der Waals surface area (Å²) >= 11 is 0. The van der Waals surface area contributed by atoms with Gasteiger partial charge in [-0.15, -0.1) is 0 Å². The first kappa shape index (κ1) is 22.0. The number of nitrogens with one attached hydrogen (secondary N) is 2. The van der Waals surface area contributed by atoms with Gasteiger partial charge in [0.2, 0.25) is 17.7 Å². The lowest BCUT2D eigenvalue weighted by Gasteiger charge is -2.37. The van der Waals surface area contributed by atoms with Gasteiger partial charge in [0, 0.05) is 12.1 Å². The van der Waals surface area contributed by atoms with E-state index in [9.17, 15) is 19.5 Å². The van der Waals surface area contributed by atoms with Crippen LogP contribution in [0.25, 0.3) is 0 Å². The first-order chi connectivity index (χ1) is 13.4. The Morgan fingerprint density at radius 3 is 2.52 bits per heavy atom. The van der Waals surface area contributed by atoms with Gasteiger partial charge < -0.3 is 25.4 Å². The van der Waals surface area contributed by atoms with Crippen molar-refractivity contribution in [3.8, 4) is 0 Å². The SMILES string of the molecule is CCCNC(=O)[C@@H]1[C@H]2C(=O)N([C@H](C)CO)C(C(=O)NC(C)(C)C)C23CC[C@@]1(C)O3. The number of carbonyl (C=O) groups excluding carboxylic acids is 3. The maximum atomic E-state index is 13.6. The highest BCUT2D eigenvalue weighted by Crippen LogP contribution is 2.63. The number of hydrogen-bond donors (Lipinski definition) is 3. The lowest BCUT2D eigenvalue weighted by molar-refractivity contribution is -0.149. The normalized spacial score (nSPS) is 36.9. The molecule has 3 rings (SSSR count). The fraction of sp³-hybridized carbons (Fsp3) is 0.857. The lowest BCUT2D eigenvalue weighted by atomic mass is 9.66. The number of aliphatic hydroxyl groups is 1. The Kier molecular flexibility index (Phi) is 5.49. The van der Waals surface area contributed by atoms with Crippen LogP contribution in [-0.2, 0) is 19.1 Å². The van der Waals surface area contributed by atoms with Gasteiger partial charge in [0.05, 0.1) is 30.1 Å². The van der Waals surface area contributed by atoms with Gasteiger partial charge in [-0.3, -0.25) is 14.4 Å². The van der Waals surface area contributed by atoms with Crippen LogP contribution in [0.4, 0.5) is 0 Å². The van der Waals surface area contributed by atoms with E-state index in [1.54, 1.807) is 6.92 Å². The first-order valence-electron chi connectivity index (χ1n) is 10.6. The summed E-state index contributed by atoms with van der Waals surface area (Å²) in [5.74, 6) is -2.13. The molecule has 3 fully saturated rings. The van der Waals surface area contributed by atoms with Crippen LogP contribution in [0.1, 0.15) is 60.8 Å². The number of hydrogen-bond acceptors (Lipinski definition) is 5. The molecule has 3 amide bonds. The zero-order valence-electron chi connectivity index (χ0n) is 18.4. The number of rotatable bonds is 6. The number of likely N-dealkylation sites (tertiary alicyclic amines) is 1. The van der Waals surface area contributed by atoms with Crippen molar-refractivity contribution in [3.05, 3.63) is 0 Å². The molecular weight excluding hydrogens is 374 g/mol. The van der Waals surface area contributed by atoms with E-state index in [0.717, 1.165) is 6.42 Å². The molecule has 2 unspecified atom stereocenters. The number of nitrogens with zero attached hydrogens (tertiary/aromatic N) is 1. The van der Waals surface area contributed by atoms with Gasteiger partial charge in [-0.05, 0) is 53.9 Å². The van der Waals surface area contributed by atoms with E-state index in [2.05, 4.69) is 10.6 Å². The van der Waals surface area contributed by atoms with Crippen molar-refractivity contribution in [1.82, 2.24) is 15.5 Å². The Labute approximate surface area is 172 Å². The van der Waals surface area contributed by atoms with Crippen LogP contribution in [-0.4, -0.2) is 69.7 Å². The van der Waals surface area contributed by atoms with E-state index < -0.39 is 40.7 Å². The van der Waals surface area contributed by atoms with E-state index in [1.807, 2.05) is 34.6 Å². The van der Waals surface area contributed by atoms with E-state index in [1.165, 1.54) is 4.90 Å². The van der Waals surface area contributed by atoms with E-state index in [4.69, 9.17) is 4.74 Å². The van der Waals surface area contributed by atoms with Gasteiger partial charge in [0.15, 0.2) is 0 Å². The van der Waals surface area contributed by atoms with Crippen molar-refractivity contribution in [2.24, 2.45) is 11.8 Å². The van der Waals surface area contributed by atoms with Gasteiger partial charge in [0.1, 0.15) is 11.6 Å². The summed E-state index contributed by atoms with van der Waals surface area (Å²) in [6.07, 6.45) is 1.94. The summed E-state index contributed by atoms with van der Waals surface area (Å²) in [5.41, 5.74) is -2.30. The minimum Gasteiger partial charge on any atom is -0.394 e. The van der Waals surface area contributed by atoms with Crippen molar-refractivity contribution in [2.75, 3.05) is 13.2 Å². The molecule has 0 aromatic rings. The molecule has 3 aliphatic heterocycles. The number of fused-ring (bicyclic) bond motifs is 1. The third kappa shape index (κ3) is 3.34. The second-order valence-electron chi connectivity index (χ2n) is 10.0. The monoisotopic (exact) mass is 409 g/mol. The van der Waals surface area contributed by atoms with Crippen molar-refractivity contribution < 1.29 is 24.2 Å². The minimum atomic E-state index is -1.04. The predicted octanol–water partition coefficient (Wildman–Crippen LogP) is 0.573. The first-order valence-corrected chi connectivity index (χ1v) is 10.6. The molecule has 0 aromatic carbocycles. The van der Waals surface area contributed by atoms with E-state index in [-0.39, 0.29) is 24.3 Å². The van der Waals surface area contributed by atoms with Gasteiger partial charge in [-0.2, -0.15) is 0 Å². The molecule has 6 atom stereocenters. The third-order valence-corrected chi connectivity index (χ3v) is 6.53. The van der Waals surface area contributed by atoms with Crippen LogP contribution in [0.5, 0.6) is 0 Å². The summed E-state index contributed by atoms with van der Waals surface area (Å²) in [5, 5.41) is 15.7. The molecule has 1 spiro atoms. The Morgan fingerprint density at radius 1 is 1.31 bits per heavy atom. The lowest BCUT2D eigenvalue weighted by Crippen LogP contribution is -2.60. The minimum absolute atomic E-state index is 0.192. The molecule has 29 heavy (non-hydrogen) atoms. The predicted molar refractivity (Wildman–Crippen MR) is 107 cm³/mol. The molecule has 3 heterocycles. The van der Waals surface area contributed by atoms with Gasteiger partial charge in [-0.25, -0.2) is 0 Å². The van der Waals surface area contributed by atoms with Crippen LogP contribution >= 0.6 is 0 Å². The fourth-order valence-corrected chi connectivity index (χ4v) is 5.42. The molecular formula is C21H35N3O5. The van der Waals surface area contributed by atoms with Crippen LogP contribution in [0.15, 0.2) is 0 Å². The summed E-state index contributed by atoms with van der Waals surface area (Å²) in [6, 6.07) is -1.42. The molecule has 8 heteroatoms. The molecule has 164 valence electrons. The molecule has 0 saturated carbocycles. The number of carbonyl (C=O) groups is 3. The second-order valence-corrected chi connectivity index (χ2v) is 10.0. The molecule has 3 N–H and O–H groups in total. The molecule has 3 aliphatic rings. The van der Waals surface area contributed by atoms with Crippen LogP contribution in [0.2, 0.25) is 0 Å². The van der Waals surface area contributed by atoms with Crippen LogP contribution in [0.3, 0.4) is 0 Å². The summed E-state index contributed by atoms with van der Waals surface area (Å²) in [6.45, 7) is 11.5. The highest BCUT2D eigenvalue weighted by molar-refractivity contribution is 5.99. The molecule has 8 nitrogen and oxygen atoms in total. The second kappa shape index (κ2) is 7.23. The van der Waals surface area contributed by atoms with Crippen molar-refractivity contribution in [2.45, 2.75) is 89.6 Å². The third-order valence-electron chi connectivity index (χ3n) is 6.53. The van der Waals surface area contributed by atoms with E-state index in [0.29, 0.717) is 19.4 Å². The number of amides is 3. The average molecular weight is 410 g/mol. The Morgan fingerprint density at radius 2 is 1.97 bits per heavy atom. The highest BCUT2D eigenvalue weighted by Gasteiger charge is 2.78. The zero-order chi connectivity index (χ0) is 21.8. The average Bonchev–Trinajstić information content (AvgIpc) is 3.18. The van der Waals surface area contributed by atoms with Crippen molar-refractivity contribution in [1.29, 1.82) is 0 Å². The van der Waals surface area contributed by atoms with Crippen LogP contribution < -0.4 is 10.6 Å². The summed E-state index contributed by atoms with van der Waals surface area (Å²) in [7, 11) is 0. The molecule has 0 aromatic heterocycles. The number of aliphatic hydroxyl groups excluding tert-OH is 1. The maximum Gasteiger partial charge on any atom is 0.246 e. The molecule has 0 aliphatic carbocycles. The number of ether oxygens (including phenoxy) is 1. The van der Waals surface area contributed by atoms with Crippen molar-refractivity contribution >= 4 is 17.7 Å². The fourth-order valence-electron chi connectivity index (χ4n) is 5.42. The molecule has 3 saturated heterocycles. The molecule has 0 radical (unpaired) electrons. The zero-order valence-corrected chi connectivity index (χ0v) is 18.4. The maximum absolute atomic E-state index is 13.6. The van der Waals surface area contributed by atoms with Crippen molar-refractivity contribution in [3.63, 3.8) is 0 Å². The van der Waals surface area contributed by atoms with Gasteiger partial charge in [0.25, 0.3) is 0 Å². The summed E-state index contributed by atoms with van der Waals surface area (Å²) in [4.78, 5) is 41.4. The van der Waals surface area contributed by atoms with Gasteiger partial charge in [-0.1, -0.05) is 6.92 Å². The Balaban J connectivity index is 2.05. The Bertz CT molecular complexity index is 705. The largest absolute Gasteiger partial charge is 0.394 e. The Hall–Kier alpha value is -1.67. The topological polar surface area (TPSA) is 108 Å². The smallest absolute Gasteiger partial charge is 0.246 e. The van der Waals surface area contributed by atoms with Crippen LogP contribution in [0, 0.1) is 11.8 Å². The summed E-state index contributed by atoms with van der Waals surface area (Å²) < 4.78 is 6.46. The quantitative estimate of drug-likeness (QED) is 0.595. The van der Waals surface area contributed by atoms with Gasteiger partial charge >= 0.3 is 0 Å². The van der Waals surface area contributed by atoms with E-state index >= 15 is 0 Å². The molecule has 2 bridgehead atoms.